The number of hydrogen-bond acceptors (Lipinski definition) is 4. The van der Waals surface area contributed by atoms with Crippen LogP contribution in [0.3, 0.4) is 0 Å². The summed E-state index contributed by atoms with van der Waals surface area (Å²) in [6, 6.07) is 5.92. The summed E-state index contributed by atoms with van der Waals surface area (Å²) in [7, 11) is 0. The van der Waals surface area contributed by atoms with E-state index in [9.17, 15) is 14.7 Å². The van der Waals surface area contributed by atoms with Gasteiger partial charge < -0.3 is 20.1 Å². The van der Waals surface area contributed by atoms with Crippen molar-refractivity contribution in [3.05, 3.63) is 47.9 Å². The molecule has 0 fully saturated rings. The number of benzene rings is 1. The average molecular weight is 345 g/mol. The molecule has 7 nitrogen and oxygen atoms in total. The maximum absolute atomic E-state index is 12.3. The largest absolute Gasteiger partial charge is 0.478 e. The molecule has 7 heteroatoms. The highest BCUT2D eigenvalue weighted by Crippen LogP contribution is 2.18. The molecule has 0 saturated heterocycles. The van der Waals surface area contributed by atoms with E-state index >= 15 is 0 Å². The van der Waals surface area contributed by atoms with Gasteiger partial charge >= 0.3 is 5.97 Å². The molecule has 1 amide bonds. The van der Waals surface area contributed by atoms with Gasteiger partial charge in [-0.2, -0.15) is 0 Å². The van der Waals surface area contributed by atoms with Gasteiger partial charge in [0.05, 0.1) is 30.1 Å². The lowest BCUT2D eigenvalue weighted by Gasteiger charge is -2.15. The Bertz CT molecular complexity index is 727. The van der Waals surface area contributed by atoms with E-state index in [1.807, 2.05) is 0 Å². The molecule has 2 aromatic rings. The number of nitrogens with one attached hydrogen (secondary N) is 1. The standard InChI is InChI=1S/C18H23N3O4/c1-2-3-4-7-13(11-22)21-10-16(19-12-21)20-17(23)14-8-5-6-9-15(14)18(24)25/h5-6,8-10,12-13,22H,2-4,7,11H2,1H3,(H,20,23)(H,24,25). The van der Waals surface area contributed by atoms with Gasteiger partial charge in [-0.15, -0.1) is 0 Å². The minimum Gasteiger partial charge on any atom is -0.478 e. The van der Waals surface area contributed by atoms with Crippen molar-refractivity contribution in [2.75, 3.05) is 11.9 Å². The molecule has 1 unspecified atom stereocenters. The van der Waals surface area contributed by atoms with E-state index < -0.39 is 11.9 Å². The smallest absolute Gasteiger partial charge is 0.336 e. The van der Waals surface area contributed by atoms with Gasteiger partial charge in [-0.1, -0.05) is 38.3 Å². The molecule has 134 valence electrons. The molecule has 0 aliphatic heterocycles. The molecule has 25 heavy (non-hydrogen) atoms. The molecule has 0 bridgehead atoms. The lowest BCUT2D eigenvalue weighted by molar-refractivity contribution is 0.0692. The summed E-state index contributed by atoms with van der Waals surface area (Å²) in [6.45, 7) is 2.11. The van der Waals surface area contributed by atoms with Gasteiger partial charge in [0.2, 0.25) is 0 Å². The second kappa shape index (κ2) is 8.98. The molecule has 0 saturated carbocycles. The van der Waals surface area contributed by atoms with E-state index in [4.69, 9.17) is 5.11 Å². The van der Waals surface area contributed by atoms with Crippen LogP contribution in [0.2, 0.25) is 0 Å². The van der Waals surface area contributed by atoms with E-state index in [1.165, 1.54) is 12.1 Å². The molecule has 0 radical (unpaired) electrons. The van der Waals surface area contributed by atoms with E-state index in [0.29, 0.717) is 5.82 Å². The van der Waals surface area contributed by atoms with Crippen molar-refractivity contribution in [3.63, 3.8) is 0 Å². The fourth-order valence-electron chi connectivity index (χ4n) is 2.62. The van der Waals surface area contributed by atoms with Gasteiger partial charge in [-0.3, -0.25) is 4.79 Å². The van der Waals surface area contributed by atoms with E-state index in [2.05, 4.69) is 17.2 Å². The number of anilines is 1. The molecule has 3 N–H and O–H groups in total. The highest BCUT2D eigenvalue weighted by molar-refractivity contribution is 6.10. The van der Waals surface area contributed by atoms with Gasteiger partial charge in [0.15, 0.2) is 5.82 Å². The lowest BCUT2D eigenvalue weighted by Crippen LogP contribution is -2.16. The molecule has 0 aliphatic carbocycles. The van der Waals surface area contributed by atoms with Crippen LogP contribution in [0, 0.1) is 0 Å². The van der Waals surface area contributed by atoms with Crippen LogP contribution in [0.25, 0.3) is 0 Å². The third-order valence-corrected chi connectivity index (χ3v) is 4.02. The van der Waals surface area contributed by atoms with Crippen molar-refractivity contribution in [2.45, 2.75) is 38.6 Å². The topological polar surface area (TPSA) is 104 Å². The van der Waals surface area contributed by atoms with Gasteiger partial charge in [0.1, 0.15) is 0 Å². The zero-order valence-corrected chi connectivity index (χ0v) is 14.2. The number of aromatic carboxylic acids is 1. The van der Waals surface area contributed by atoms with Crippen molar-refractivity contribution in [1.29, 1.82) is 0 Å². The van der Waals surface area contributed by atoms with E-state index in [1.54, 1.807) is 29.2 Å². The van der Waals surface area contributed by atoms with Crippen LogP contribution in [0.5, 0.6) is 0 Å². The number of amides is 1. The minimum absolute atomic E-state index is 0.00465. The Morgan fingerprint density at radius 3 is 2.60 bits per heavy atom. The highest BCUT2D eigenvalue weighted by atomic mass is 16.4. The Balaban J connectivity index is 2.08. The van der Waals surface area contributed by atoms with Gasteiger partial charge in [0, 0.05) is 6.20 Å². The molecule has 0 spiro atoms. The number of carboxylic acids is 1. The Morgan fingerprint density at radius 2 is 1.96 bits per heavy atom. The number of aliphatic hydroxyl groups is 1. The van der Waals surface area contributed by atoms with Crippen LogP contribution in [-0.4, -0.2) is 38.2 Å². The van der Waals surface area contributed by atoms with Crippen LogP contribution in [0.1, 0.15) is 59.4 Å². The van der Waals surface area contributed by atoms with Crippen molar-refractivity contribution in [2.24, 2.45) is 0 Å². The molecular formula is C18H23N3O4. The molecule has 1 aromatic heterocycles. The quantitative estimate of drug-likeness (QED) is 0.606. The first-order valence-electron chi connectivity index (χ1n) is 8.34. The SMILES string of the molecule is CCCCCC(CO)n1cnc(NC(=O)c2ccccc2C(=O)O)c1. The first-order valence-corrected chi connectivity index (χ1v) is 8.34. The number of carbonyl (C=O) groups is 2. The predicted molar refractivity (Wildman–Crippen MR) is 93.8 cm³/mol. The maximum atomic E-state index is 12.3. The Morgan fingerprint density at radius 1 is 1.24 bits per heavy atom. The number of unbranched alkanes of at least 4 members (excludes halogenated alkanes) is 2. The molecule has 1 atom stereocenters. The second-order valence-electron chi connectivity index (χ2n) is 5.84. The number of rotatable bonds is 9. The maximum Gasteiger partial charge on any atom is 0.336 e. The Labute approximate surface area is 146 Å². The summed E-state index contributed by atoms with van der Waals surface area (Å²) in [5.41, 5.74) is 0.0124. The zero-order valence-electron chi connectivity index (χ0n) is 14.2. The van der Waals surface area contributed by atoms with E-state index in [0.717, 1.165) is 25.7 Å². The number of imidazole rings is 1. The third-order valence-electron chi connectivity index (χ3n) is 4.02. The van der Waals surface area contributed by atoms with Crippen molar-refractivity contribution >= 4 is 17.7 Å². The van der Waals surface area contributed by atoms with Crippen LogP contribution >= 0.6 is 0 Å². The molecule has 1 aromatic carbocycles. The second-order valence-corrected chi connectivity index (χ2v) is 5.84. The number of hydrogen-bond donors (Lipinski definition) is 3. The van der Waals surface area contributed by atoms with E-state index in [-0.39, 0.29) is 23.8 Å². The zero-order chi connectivity index (χ0) is 18.2. The van der Waals surface area contributed by atoms with Crippen molar-refractivity contribution in [1.82, 2.24) is 9.55 Å². The fraction of sp³-hybridized carbons (Fsp3) is 0.389. The monoisotopic (exact) mass is 345 g/mol. The Hall–Kier alpha value is -2.67. The van der Waals surface area contributed by atoms with Crippen molar-refractivity contribution in [3.8, 4) is 0 Å². The number of aromatic nitrogens is 2. The van der Waals surface area contributed by atoms with Gasteiger partial charge in [-0.25, -0.2) is 9.78 Å². The Kier molecular flexibility index (Phi) is 6.71. The summed E-state index contributed by atoms with van der Waals surface area (Å²) in [5, 5.41) is 21.3. The number of carboxylic acid groups (broad SMARTS) is 1. The minimum atomic E-state index is -1.16. The normalized spacial score (nSPS) is 11.9. The van der Waals surface area contributed by atoms with Crippen LogP contribution < -0.4 is 5.32 Å². The first kappa shape index (κ1) is 18.7. The number of nitrogens with zero attached hydrogens (tertiary/aromatic N) is 2. The third kappa shape index (κ3) is 4.90. The summed E-state index contributed by atoms with van der Waals surface area (Å²) < 4.78 is 1.77. The predicted octanol–water partition coefficient (Wildman–Crippen LogP) is 2.95. The van der Waals surface area contributed by atoms with Gasteiger partial charge in [-0.05, 0) is 18.6 Å². The van der Waals surface area contributed by atoms with Crippen molar-refractivity contribution < 1.29 is 19.8 Å². The van der Waals surface area contributed by atoms with Crippen LogP contribution in [0.15, 0.2) is 36.8 Å². The van der Waals surface area contributed by atoms with Gasteiger partial charge in [0.25, 0.3) is 5.91 Å². The molecule has 1 heterocycles. The summed E-state index contributed by atoms with van der Waals surface area (Å²) in [6.07, 6.45) is 7.25. The molecule has 2 rings (SSSR count). The highest BCUT2D eigenvalue weighted by Gasteiger charge is 2.17. The number of aliphatic hydroxyl groups excluding tert-OH is 1. The fourth-order valence-corrected chi connectivity index (χ4v) is 2.62. The average Bonchev–Trinajstić information content (AvgIpc) is 3.07. The number of carbonyl (C=O) groups excluding carboxylic acids is 1. The van der Waals surface area contributed by atoms with Crippen LogP contribution in [-0.2, 0) is 0 Å². The molecule has 0 aliphatic rings. The lowest BCUT2D eigenvalue weighted by atomic mass is 10.1. The first-order chi connectivity index (χ1) is 12.1. The summed E-state index contributed by atoms with van der Waals surface area (Å²) >= 11 is 0. The summed E-state index contributed by atoms with van der Waals surface area (Å²) in [5.74, 6) is -1.37. The molecular weight excluding hydrogens is 322 g/mol. The van der Waals surface area contributed by atoms with Crippen LogP contribution in [0.4, 0.5) is 5.82 Å². The summed E-state index contributed by atoms with van der Waals surface area (Å²) in [4.78, 5) is 27.7.